The molecule has 3 atom stereocenters. The van der Waals surface area contributed by atoms with Crippen LogP contribution in [0.3, 0.4) is 0 Å². The van der Waals surface area contributed by atoms with Crippen molar-refractivity contribution in [3.63, 3.8) is 0 Å². The van der Waals surface area contributed by atoms with Crippen LogP contribution in [0.2, 0.25) is 0 Å². The number of hydrogen-bond acceptors (Lipinski definition) is 3. The number of hydrogen-bond donors (Lipinski definition) is 1. The SMILES string of the molecule is CN1CCN(C(=O)C(N(C(=O)O)[C@@]2(C)C[C@@H]2c2ccccc2)C(C)(C)C)CC1. The van der Waals surface area contributed by atoms with Crippen LogP contribution >= 0.6 is 0 Å². The largest absolute Gasteiger partial charge is 0.465 e. The van der Waals surface area contributed by atoms with Crippen molar-refractivity contribution >= 4 is 12.0 Å². The van der Waals surface area contributed by atoms with Crippen LogP contribution in [0, 0.1) is 5.41 Å². The van der Waals surface area contributed by atoms with Gasteiger partial charge < -0.3 is 14.9 Å². The molecular formula is C22H33N3O3. The van der Waals surface area contributed by atoms with E-state index in [9.17, 15) is 14.7 Å². The van der Waals surface area contributed by atoms with Crippen molar-refractivity contribution in [3.8, 4) is 0 Å². The molecule has 0 spiro atoms. The van der Waals surface area contributed by atoms with Gasteiger partial charge in [-0.05, 0) is 31.4 Å². The Bertz CT molecular complexity index is 722. The summed E-state index contributed by atoms with van der Waals surface area (Å²) in [6.07, 6.45) is -0.269. The Morgan fingerprint density at radius 3 is 2.21 bits per heavy atom. The van der Waals surface area contributed by atoms with Crippen molar-refractivity contribution in [3.05, 3.63) is 35.9 Å². The summed E-state index contributed by atoms with van der Waals surface area (Å²) < 4.78 is 0. The fraction of sp³-hybridized carbons (Fsp3) is 0.636. The average molecular weight is 388 g/mol. The molecule has 1 aromatic rings. The third-order valence-electron chi connectivity index (χ3n) is 6.29. The van der Waals surface area contributed by atoms with Gasteiger partial charge in [0.05, 0.1) is 5.54 Å². The van der Waals surface area contributed by atoms with Crippen molar-refractivity contribution in [1.82, 2.24) is 14.7 Å². The number of benzene rings is 1. The maximum absolute atomic E-state index is 13.5. The van der Waals surface area contributed by atoms with Crippen LogP contribution in [0.25, 0.3) is 0 Å². The van der Waals surface area contributed by atoms with Crippen LogP contribution in [0.15, 0.2) is 30.3 Å². The standard InChI is InChI=1S/C22H33N3O3/c1-21(2,3)18(19(26)24-13-11-23(5)12-14-24)25(20(27)28)22(4)15-17(22)16-9-7-6-8-10-16/h6-10,17-18H,11-15H2,1-5H3,(H,27,28)/t17-,18?,22+/m1/s1. The summed E-state index contributed by atoms with van der Waals surface area (Å²) in [7, 11) is 2.04. The predicted molar refractivity (Wildman–Crippen MR) is 109 cm³/mol. The molecule has 3 rings (SSSR count). The molecule has 6 heteroatoms. The zero-order valence-corrected chi connectivity index (χ0v) is 17.7. The van der Waals surface area contributed by atoms with Gasteiger partial charge in [-0.25, -0.2) is 4.79 Å². The van der Waals surface area contributed by atoms with E-state index in [1.54, 1.807) is 0 Å². The molecule has 6 nitrogen and oxygen atoms in total. The molecule has 154 valence electrons. The van der Waals surface area contributed by atoms with Crippen LogP contribution in [0.4, 0.5) is 4.79 Å². The normalized spacial score (nSPS) is 26.6. The van der Waals surface area contributed by atoms with Gasteiger partial charge in [0.15, 0.2) is 0 Å². The van der Waals surface area contributed by atoms with Gasteiger partial charge in [-0.1, -0.05) is 51.1 Å². The van der Waals surface area contributed by atoms with Crippen molar-refractivity contribution < 1.29 is 14.7 Å². The zero-order valence-electron chi connectivity index (χ0n) is 17.7. The first-order chi connectivity index (χ1) is 13.1. The molecule has 2 aliphatic rings. The quantitative estimate of drug-likeness (QED) is 0.862. The van der Waals surface area contributed by atoms with E-state index in [1.165, 1.54) is 4.90 Å². The number of rotatable bonds is 4. The van der Waals surface area contributed by atoms with Gasteiger partial charge in [-0.3, -0.25) is 9.69 Å². The second-order valence-corrected chi connectivity index (χ2v) is 9.57. The summed E-state index contributed by atoms with van der Waals surface area (Å²) in [4.78, 5) is 31.5. The van der Waals surface area contributed by atoms with E-state index in [-0.39, 0.29) is 11.8 Å². The molecule has 2 amide bonds. The number of nitrogens with zero attached hydrogens (tertiary/aromatic N) is 3. The monoisotopic (exact) mass is 387 g/mol. The fourth-order valence-corrected chi connectivity index (χ4v) is 4.47. The van der Waals surface area contributed by atoms with Crippen LogP contribution in [-0.4, -0.2) is 76.6 Å². The van der Waals surface area contributed by atoms with Crippen LogP contribution in [0.5, 0.6) is 0 Å². The minimum absolute atomic E-state index is 0.0667. The van der Waals surface area contributed by atoms with E-state index >= 15 is 0 Å². The fourth-order valence-electron chi connectivity index (χ4n) is 4.47. The second-order valence-electron chi connectivity index (χ2n) is 9.57. The molecule has 1 saturated carbocycles. The van der Waals surface area contributed by atoms with Gasteiger partial charge in [0.25, 0.3) is 0 Å². The molecule has 0 bridgehead atoms. The number of carbonyl (C=O) groups is 2. The summed E-state index contributed by atoms with van der Waals surface area (Å²) in [5.74, 6) is 0.0536. The number of carbonyl (C=O) groups excluding carboxylic acids is 1. The van der Waals surface area contributed by atoms with E-state index in [2.05, 4.69) is 4.90 Å². The van der Waals surface area contributed by atoms with Crippen molar-refractivity contribution in [2.45, 2.75) is 51.6 Å². The highest BCUT2D eigenvalue weighted by atomic mass is 16.4. The van der Waals surface area contributed by atoms with Crippen molar-refractivity contribution in [1.29, 1.82) is 0 Å². The molecule has 0 aromatic heterocycles. The Hall–Kier alpha value is -2.08. The number of amides is 2. The first kappa shape index (κ1) is 20.6. The average Bonchev–Trinajstić information content (AvgIpc) is 3.31. The maximum Gasteiger partial charge on any atom is 0.408 e. The lowest BCUT2D eigenvalue weighted by atomic mass is 9.83. The molecule has 28 heavy (non-hydrogen) atoms. The number of carboxylic acid groups (broad SMARTS) is 1. The summed E-state index contributed by atoms with van der Waals surface area (Å²) in [6, 6.07) is 9.32. The lowest BCUT2D eigenvalue weighted by Gasteiger charge is -2.45. The molecule has 1 aromatic carbocycles. The predicted octanol–water partition coefficient (Wildman–Crippen LogP) is 3.10. The van der Waals surface area contributed by atoms with Crippen LogP contribution < -0.4 is 0 Å². The highest BCUT2D eigenvalue weighted by Crippen LogP contribution is 2.57. The Kier molecular flexibility index (Phi) is 5.45. The van der Waals surface area contributed by atoms with Gasteiger partial charge in [-0.2, -0.15) is 0 Å². The minimum Gasteiger partial charge on any atom is -0.465 e. The Balaban J connectivity index is 1.91. The van der Waals surface area contributed by atoms with Gasteiger partial charge in [0.1, 0.15) is 6.04 Å². The summed E-state index contributed by atoms with van der Waals surface area (Å²) >= 11 is 0. The lowest BCUT2D eigenvalue weighted by molar-refractivity contribution is -0.143. The summed E-state index contributed by atoms with van der Waals surface area (Å²) in [6.45, 7) is 10.8. The minimum atomic E-state index is -1.01. The Morgan fingerprint density at radius 2 is 1.71 bits per heavy atom. The zero-order chi connectivity index (χ0) is 20.7. The highest BCUT2D eigenvalue weighted by molar-refractivity contribution is 5.87. The van der Waals surface area contributed by atoms with Crippen molar-refractivity contribution in [2.75, 3.05) is 33.2 Å². The Labute approximate surface area is 168 Å². The molecule has 2 fully saturated rings. The summed E-state index contributed by atoms with van der Waals surface area (Å²) in [5, 5.41) is 10.2. The lowest BCUT2D eigenvalue weighted by Crippen LogP contribution is -2.62. The molecule has 1 heterocycles. The molecule has 1 N–H and O–H groups in total. The highest BCUT2D eigenvalue weighted by Gasteiger charge is 2.61. The van der Waals surface area contributed by atoms with Gasteiger partial charge in [0.2, 0.25) is 5.91 Å². The molecule has 1 aliphatic heterocycles. The number of piperazine rings is 1. The second kappa shape index (κ2) is 7.39. The smallest absolute Gasteiger partial charge is 0.408 e. The molecule has 1 aliphatic carbocycles. The van der Waals surface area contributed by atoms with Crippen LogP contribution in [-0.2, 0) is 4.79 Å². The maximum atomic E-state index is 13.5. The van der Waals surface area contributed by atoms with Crippen LogP contribution in [0.1, 0.15) is 45.6 Å². The topological polar surface area (TPSA) is 64.1 Å². The van der Waals surface area contributed by atoms with E-state index in [1.807, 2.05) is 70.0 Å². The van der Waals surface area contributed by atoms with E-state index < -0.39 is 23.1 Å². The third kappa shape index (κ3) is 3.88. The molecule has 0 radical (unpaired) electrons. The van der Waals surface area contributed by atoms with E-state index in [4.69, 9.17) is 0 Å². The van der Waals surface area contributed by atoms with E-state index in [0.29, 0.717) is 13.1 Å². The van der Waals surface area contributed by atoms with Gasteiger partial charge in [-0.15, -0.1) is 0 Å². The molecular weight excluding hydrogens is 354 g/mol. The summed E-state index contributed by atoms with van der Waals surface area (Å²) in [5.41, 5.74) is 0.0786. The first-order valence-electron chi connectivity index (χ1n) is 10.1. The number of likely N-dealkylation sites (N-methyl/N-ethyl adjacent to an activating group) is 1. The third-order valence-corrected chi connectivity index (χ3v) is 6.29. The van der Waals surface area contributed by atoms with Gasteiger partial charge in [0, 0.05) is 32.1 Å². The first-order valence-corrected chi connectivity index (χ1v) is 10.1. The molecule has 1 saturated heterocycles. The Morgan fingerprint density at radius 1 is 1.14 bits per heavy atom. The van der Waals surface area contributed by atoms with E-state index in [0.717, 1.165) is 25.1 Å². The van der Waals surface area contributed by atoms with Gasteiger partial charge >= 0.3 is 6.09 Å². The van der Waals surface area contributed by atoms with Crippen molar-refractivity contribution in [2.24, 2.45) is 5.41 Å². The molecule has 1 unspecified atom stereocenters.